The summed E-state index contributed by atoms with van der Waals surface area (Å²) in [6, 6.07) is -1.47. The molecule has 19 heavy (non-hydrogen) atoms. The van der Waals surface area contributed by atoms with Gasteiger partial charge < -0.3 is 10.4 Å². The lowest BCUT2D eigenvalue weighted by Gasteiger charge is -2.15. The van der Waals surface area contributed by atoms with Gasteiger partial charge in [0, 0.05) is 12.3 Å². The summed E-state index contributed by atoms with van der Waals surface area (Å²) in [6.45, 7) is 0. The van der Waals surface area contributed by atoms with Gasteiger partial charge in [-0.15, -0.1) is 0 Å². The van der Waals surface area contributed by atoms with Gasteiger partial charge in [-0.25, -0.2) is 13.6 Å². The Balaban J connectivity index is 1.58. The molecule has 2 bridgehead atoms. The van der Waals surface area contributed by atoms with E-state index in [4.69, 9.17) is 5.11 Å². The second kappa shape index (κ2) is 4.42. The third-order valence-electron chi connectivity index (χ3n) is 5.07. The molecule has 0 heterocycles. The van der Waals surface area contributed by atoms with Gasteiger partial charge in [-0.3, -0.25) is 4.79 Å². The highest BCUT2D eigenvalue weighted by molar-refractivity contribution is 5.87. The van der Waals surface area contributed by atoms with E-state index in [9.17, 15) is 18.4 Å². The molecule has 0 radical (unpaired) electrons. The van der Waals surface area contributed by atoms with E-state index in [0.717, 1.165) is 12.8 Å². The Morgan fingerprint density at radius 1 is 1.21 bits per heavy atom. The van der Waals surface area contributed by atoms with E-state index >= 15 is 0 Å². The lowest BCUT2D eigenvalue weighted by atomic mass is 10.0. The standard InChI is InChI=1S/C13H17F2NO3/c14-8(15)4-7(13(18)19)16-12(17)11-9-5-1-2-6(3-5)10(9)11/h5-11H,1-4H2,(H,16,17)(H,18,19). The van der Waals surface area contributed by atoms with E-state index in [0.29, 0.717) is 23.7 Å². The van der Waals surface area contributed by atoms with Crippen LogP contribution in [0.25, 0.3) is 0 Å². The summed E-state index contributed by atoms with van der Waals surface area (Å²) in [5, 5.41) is 11.1. The van der Waals surface area contributed by atoms with Gasteiger partial charge in [0.2, 0.25) is 12.3 Å². The molecule has 3 aliphatic rings. The number of hydrogen-bond donors (Lipinski definition) is 2. The Bertz CT molecular complexity index is 399. The fraction of sp³-hybridized carbons (Fsp3) is 0.846. The minimum absolute atomic E-state index is 0.120. The van der Waals surface area contributed by atoms with E-state index < -0.39 is 24.9 Å². The van der Waals surface area contributed by atoms with Crippen molar-refractivity contribution in [2.75, 3.05) is 0 Å². The van der Waals surface area contributed by atoms with Gasteiger partial charge in [-0.05, 0) is 42.9 Å². The van der Waals surface area contributed by atoms with E-state index in [2.05, 4.69) is 5.32 Å². The maximum atomic E-state index is 12.3. The average Bonchev–Trinajstić information content (AvgIpc) is 2.77. The number of halogens is 2. The monoisotopic (exact) mass is 273 g/mol. The predicted molar refractivity (Wildman–Crippen MR) is 61.5 cm³/mol. The van der Waals surface area contributed by atoms with Crippen molar-refractivity contribution < 1.29 is 23.5 Å². The fourth-order valence-electron chi connectivity index (χ4n) is 4.34. The molecule has 4 nitrogen and oxygen atoms in total. The van der Waals surface area contributed by atoms with Crippen LogP contribution in [0.4, 0.5) is 8.78 Å². The third kappa shape index (κ3) is 2.11. The lowest BCUT2D eigenvalue weighted by Crippen LogP contribution is -2.43. The van der Waals surface area contributed by atoms with Crippen LogP contribution >= 0.6 is 0 Å². The Morgan fingerprint density at radius 2 is 1.79 bits per heavy atom. The van der Waals surface area contributed by atoms with Gasteiger partial charge in [0.15, 0.2) is 0 Å². The number of fused-ring (bicyclic) bond motifs is 5. The summed E-state index contributed by atoms with van der Waals surface area (Å²) >= 11 is 0. The molecule has 5 atom stereocenters. The summed E-state index contributed by atoms with van der Waals surface area (Å²) in [5.74, 6) is 0.139. The second-order valence-corrected chi connectivity index (χ2v) is 6.04. The molecule has 0 aromatic rings. The van der Waals surface area contributed by atoms with E-state index in [1.165, 1.54) is 6.42 Å². The minimum atomic E-state index is -2.73. The number of nitrogens with one attached hydrogen (secondary N) is 1. The van der Waals surface area contributed by atoms with Crippen LogP contribution in [0.15, 0.2) is 0 Å². The van der Waals surface area contributed by atoms with Crippen molar-refractivity contribution in [1.29, 1.82) is 0 Å². The minimum Gasteiger partial charge on any atom is -0.480 e. The van der Waals surface area contributed by atoms with Crippen LogP contribution < -0.4 is 5.32 Å². The van der Waals surface area contributed by atoms with Gasteiger partial charge in [0.25, 0.3) is 0 Å². The maximum Gasteiger partial charge on any atom is 0.326 e. The van der Waals surface area contributed by atoms with E-state index in [1.807, 2.05) is 0 Å². The summed E-state index contributed by atoms with van der Waals surface area (Å²) in [4.78, 5) is 22.9. The highest BCUT2D eigenvalue weighted by atomic mass is 19.3. The van der Waals surface area contributed by atoms with Crippen molar-refractivity contribution in [2.45, 2.75) is 38.2 Å². The van der Waals surface area contributed by atoms with Crippen molar-refractivity contribution in [3.05, 3.63) is 0 Å². The van der Waals surface area contributed by atoms with Crippen molar-refractivity contribution in [2.24, 2.45) is 29.6 Å². The first kappa shape index (κ1) is 12.8. The van der Waals surface area contributed by atoms with E-state index in [1.54, 1.807) is 0 Å². The number of alkyl halides is 2. The zero-order valence-electron chi connectivity index (χ0n) is 10.4. The van der Waals surface area contributed by atoms with Gasteiger partial charge in [-0.2, -0.15) is 0 Å². The lowest BCUT2D eigenvalue weighted by molar-refractivity contribution is -0.143. The topological polar surface area (TPSA) is 66.4 Å². The highest BCUT2D eigenvalue weighted by Crippen LogP contribution is 2.69. The largest absolute Gasteiger partial charge is 0.480 e. The Hall–Kier alpha value is -1.20. The number of carbonyl (C=O) groups excluding carboxylic acids is 1. The third-order valence-corrected chi connectivity index (χ3v) is 5.07. The second-order valence-electron chi connectivity index (χ2n) is 6.04. The number of hydrogen-bond acceptors (Lipinski definition) is 2. The first-order valence-corrected chi connectivity index (χ1v) is 6.80. The van der Waals surface area contributed by atoms with E-state index in [-0.39, 0.29) is 11.8 Å². The van der Waals surface area contributed by atoms with Gasteiger partial charge in [0.1, 0.15) is 6.04 Å². The molecule has 3 fully saturated rings. The highest BCUT2D eigenvalue weighted by Gasteiger charge is 2.67. The molecule has 0 aliphatic heterocycles. The number of amides is 1. The first-order chi connectivity index (χ1) is 8.99. The number of rotatable bonds is 5. The molecule has 2 N–H and O–H groups in total. The zero-order chi connectivity index (χ0) is 13.7. The normalized spacial score (nSPS) is 40.1. The molecular weight excluding hydrogens is 256 g/mol. The smallest absolute Gasteiger partial charge is 0.326 e. The van der Waals surface area contributed by atoms with Gasteiger partial charge >= 0.3 is 5.97 Å². The maximum absolute atomic E-state index is 12.3. The SMILES string of the molecule is O=C(O)C(CC(F)F)NC(=O)C1C2C3CCC(C3)C12. The summed E-state index contributed by atoms with van der Waals surface area (Å²) in [6.07, 6.45) is -0.0327. The van der Waals surface area contributed by atoms with Crippen LogP contribution in [-0.4, -0.2) is 29.5 Å². The zero-order valence-corrected chi connectivity index (χ0v) is 10.4. The molecule has 0 saturated heterocycles. The molecule has 6 heteroatoms. The molecule has 0 aromatic carbocycles. The molecule has 0 spiro atoms. The van der Waals surface area contributed by atoms with Gasteiger partial charge in [-0.1, -0.05) is 0 Å². The average molecular weight is 273 g/mol. The number of aliphatic carboxylic acids is 1. The molecule has 1 amide bonds. The summed E-state index contributed by atoms with van der Waals surface area (Å²) < 4.78 is 24.5. The molecular formula is C13H17F2NO3. The molecule has 3 saturated carbocycles. The fourth-order valence-corrected chi connectivity index (χ4v) is 4.34. The van der Waals surface area contributed by atoms with Crippen LogP contribution in [0.5, 0.6) is 0 Å². The van der Waals surface area contributed by atoms with Crippen LogP contribution in [-0.2, 0) is 9.59 Å². The quantitative estimate of drug-likeness (QED) is 0.797. The van der Waals surface area contributed by atoms with Crippen LogP contribution in [0.3, 0.4) is 0 Å². The Kier molecular flexibility index (Phi) is 2.98. The first-order valence-electron chi connectivity index (χ1n) is 6.80. The Morgan fingerprint density at radius 3 is 2.26 bits per heavy atom. The molecule has 5 unspecified atom stereocenters. The van der Waals surface area contributed by atoms with Crippen LogP contribution in [0.2, 0.25) is 0 Å². The van der Waals surface area contributed by atoms with Crippen molar-refractivity contribution >= 4 is 11.9 Å². The van der Waals surface area contributed by atoms with Crippen LogP contribution in [0, 0.1) is 29.6 Å². The van der Waals surface area contributed by atoms with Crippen molar-refractivity contribution in [3.63, 3.8) is 0 Å². The molecule has 3 rings (SSSR count). The number of carbonyl (C=O) groups is 2. The molecule has 0 aromatic heterocycles. The number of carboxylic acids is 1. The predicted octanol–water partition coefficient (Wildman–Crippen LogP) is 1.50. The number of carboxylic acid groups (broad SMARTS) is 1. The van der Waals surface area contributed by atoms with Crippen molar-refractivity contribution in [3.8, 4) is 0 Å². The van der Waals surface area contributed by atoms with Crippen LogP contribution in [0.1, 0.15) is 25.7 Å². The Labute approximate surface area is 109 Å². The van der Waals surface area contributed by atoms with Crippen molar-refractivity contribution in [1.82, 2.24) is 5.32 Å². The molecule has 3 aliphatic carbocycles. The summed E-state index contributed by atoms with van der Waals surface area (Å²) in [5.41, 5.74) is 0. The summed E-state index contributed by atoms with van der Waals surface area (Å²) in [7, 11) is 0. The van der Waals surface area contributed by atoms with Gasteiger partial charge in [0.05, 0.1) is 0 Å². The molecule has 106 valence electrons.